The van der Waals surface area contributed by atoms with Crippen LogP contribution in [0, 0.1) is 17.0 Å². The number of amides is 1. The van der Waals surface area contributed by atoms with Gasteiger partial charge in [0.15, 0.2) is 0 Å². The number of aromatic nitrogens is 3. The summed E-state index contributed by atoms with van der Waals surface area (Å²) in [6.45, 7) is 1.66. The van der Waals surface area contributed by atoms with E-state index in [1.165, 1.54) is 18.2 Å². The number of nitro groups is 1. The van der Waals surface area contributed by atoms with Crippen LogP contribution in [0.25, 0.3) is 0 Å². The van der Waals surface area contributed by atoms with E-state index in [1.807, 2.05) is 0 Å². The second kappa shape index (κ2) is 5.02. The molecule has 0 atom stereocenters. The fourth-order valence-corrected chi connectivity index (χ4v) is 1.59. The highest BCUT2D eigenvalue weighted by atomic mass is 35.5. The lowest BCUT2D eigenvalue weighted by Gasteiger charge is -2.02. The smallest absolute Gasteiger partial charge is 0.282 e. The molecule has 98 valence electrons. The maximum absolute atomic E-state index is 11.9. The Hall–Kier alpha value is -2.48. The Morgan fingerprint density at radius 2 is 2.26 bits per heavy atom. The van der Waals surface area contributed by atoms with Crippen molar-refractivity contribution in [2.45, 2.75) is 6.92 Å². The van der Waals surface area contributed by atoms with Crippen molar-refractivity contribution in [3.8, 4) is 0 Å². The molecule has 0 aliphatic heterocycles. The molecule has 0 saturated carbocycles. The lowest BCUT2D eigenvalue weighted by atomic mass is 10.1. The summed E-state index contributed by atoms with van der Waals surface area (Å²) in [7, 11) is 0. The SMILES string of the molecule is Cc1nc(NC(=O)c2cc(Cl)ccc2[N+](=O)[O-])n[nH]1. The summed E-state index contributed by atoms with van der Waals surface area (Å²) in [5.74, 6) is -0.152. The van der Waals surface area contributed by atoms with Crippen LogP contribution in [0.3, 0.4) is 0 Å². The van der Waals surface area contributed by atoms with Gasteiger partial charge in [-0.3, -0.25) is 25.3 Å². The molecule has 0 aliphatic rings. The van der Waals surface area contributed by atoms with Gasteiger partial charge in [-0.1, -0.05) is 11.6 Å². The Balaban J connectivity index is 2.32. The summed E-state index contributed by atoms with van der Waals surface area (Å²) < 4.78 is 0. The third kappa shape index (κ3) is 2.86. The van der Waals surface area contributed by atoms with Gasteiger partial charge in [-0.15, -0.1) is 5.10 Å². The van der Waals surface area contributed by atoms with E-state index in [4.69, 9.17) is 11.6 Å². The number of carbonyl (C=O) groups excluding carboxylic acids is 1. The predicted octanol–water partition coefficient (Wildman–Crippen LogP) is 1.93. The highest BCUT2D eigenvalue weighted by Crippen LogP contribution is 2.23. The topological polar surface area (TPSA) is 114 Å². The zero-order valence-electron chi connectivity index (χ0n) is 9.68. The molecule has 19 heavy (non-hydrogen) atoms. The summed E-state index contributed by atoms with van der Waals surface area (Å²) in [5, 5.41) is 19.7. The number of anilines is 1. The molecule has 0 spiro atoms. The summed E-state index contributed by atoms with van der Waals surface area (Å²) in [6.07, 6.45) is 0. The van der Waals surface area contributed by atoms with Crippen molar-refractivity contribution >= 4 is 29.1 Å². The molecule has 2 aromatic rings. The van der Waals surface area contributed by atoms with Crippen LogP contribution in [0.4, 0.5) is 11.6 Å². The van der Waals surface area contributed by atoms with E-state index in [9.17, 15) is 14.9 Å². The summed E-state index contributed by atoms with van der Waals surface area (Å²) in [5.41, 5.74) is -0.492. The molecule has 1 aromatic heterocycles. The minimum absolute atomic E-state index is 0.0387. The first-order chi connectivity index (χ1) is 8.97. The summed E-state index contributed by atoms with van der Waals surface area (Å²) in [4.78, 5) is 26.0. The van der Waals surface area contributed by atoms with Crippen molar-refractivity contribution in [1.29, 1.82) is 0 Å². The normalized spacial score (nSPS) is 10.2. The molecule has 0 radical (unpaired) electrons. The van der Waals surface area contributed by atoms with Crippen molar-refractivity contribution in [2.24, 2.45) is 0 Å². The van der Waals surface area contributed by atoms with Crippen LogP contribution < -0.4 is 5.32 Å². The van der Waals surface area contributed by atoms with Crippen LogP contribution in [-0.4, -0.2) is 26.0 Å². The van der Waals surface area contributed by atoms with Gasteiger partial charge in [0.2, 0.25) is 5.95 Å². The number of rotatable bonds is 3. The first kappa shape index (κ1) is 13.0. The fourth-order valence-electron chi connectivity index (χ4n) is 1.42. The second-order valence-corrected chi connectivity index (χ2v) is 4.05. The number of carbonyl (C=O) groups is 1. The molecule has 0 fully saturated rings. The molecule has 2 rings (SSSR count). The van der Waals surface area contributed by atoms with Gasteiger partial charge in [0.1, 0.15) is 11.4 Å². The monoisotopic (exact) mass is 281 g/mol. The number of aryl methyl sites for hydroxylation is 1. The lowest BCUT2D eigenvalue weighted by Crippen LogP contribution is -2.15. The van der Waals surface area contributed by atoms with Gasteiger partial charge < -0.3 is 0 Å². The van der Waals surface area contributed by atoms with Gasteiger partial charge in [-0.05, 0) is 19.1 Å². The minimum Gasteiger partial charge on any atom is -0.289 e. The largest absolute Gasteiger partial charge is 0.289 e. The van der Waals surface area contributed by atoms with Crippen LogP contribution in [0.5, 0.6) is 0 Å². The molecule has 9 heteroatoms. The second-order valence-electron chi connectivity index (χ2n) is 3.62. The van der Waals surface area contributed by atoms with Gasteiger partial charge in [0.25, 0.3) is 11.6 Å². The van der Waals surface area contributed by atoms with Crippen LogP contribution in [0.1, 0.15) is 16.2 Å². The van der Waals surface area contributed by atoms with E-state index >= 15 is 0 Å². The molecule has 0 aliphatic carbocycles. The number of nitro benzene ring substituents is 1. The van der Waals surface area contributed by atoms with E-state index in [1.54, 1.807) is 6.92 Å². The maximum atomic E-state index is 11.9. The highest BCUT2D eigenvalue weighted by molar-refractivity contribution is 6.31. The number of nitrogens with one attached hydrogen (secondary N) is 2. The van der Waals surface area contributed by atoms with E-state index in [0.29, 0.717) is 5.82 Å². The first-order valence-corrected chi connectivity index (χ1v) is 5.49. The van der Waals surface area contributed by atoms with Crippen molar-refractivity contribution in [1.82, 2.24) is 15.2 Å². The van der Waals surface area contributed by atoms with E-state index in [2.05, 4.69) is 20.5 Å². The Kier molecular flexibility index (Phi) is 3.43. The number of halogens is 1. The number of aromatic amines is 1. The zero-order chi connectivity index (χ0) is 14.0. The van der Waals surface area contributed by atoms with Gasteiger partial charge in [-0.2, -0.15) is 4.98 Å². The first-order valence-electron chi connectivity index (χ1n) is 5.11. The molecular formula is C10H8ClN5O3. The Labute approximate surface area is 112 Å². The van der Waals surface area contributed by atoms with Crippen molar-refractivity contribution in [2.75, 3.05) is 5.32 Å². The average molecular weight is 282 g/mol. The molecule has 1 heterocycles. The Bertz CT molecular complexity index is 654. The molecule has 0 unspecified atom stereocenters. The lowest BCUT2D eigenvalue weighted by molar-refractivity contribution is -0.385. The molecule has 8 nitrogen and oxygen atoms in total. The van der Waals surface area contributed by atoms with Gasteiger partial charge in [0, 0.05) is 11.1 Å². The molecule has 1 amide bonds. The molecular weight excluding hydrogens is 274 g/mol. The summed E-state index contributed by atoms with van der Waals surface area (Å²) in [6, 6.07) is 3.72. The van der Waals surface area contributed by atoms with E-state index < -0.39 is 10.8 Å². The maximum Gasteiger partial charge on any atom is 0.282 e. The van der Waals surface area contributed by atoms with Crippen LogP contribution in [-0.2, 0) is 0 Å². The number of nitrogens with zero attached hydrogens (tertiary/aromatic N) is 3. The van der Waals surface area contributed by atoms with Gasteiger partial charge in [0.05, 0.1) is 4.92 Å². The number of benzene rings is 1. The number of H-pyrrole nitrogens is 1. The zero-order valence-corrected chi connectivity index (χ0v) is 10.4. The molecule has 0 bridgehead atoms. The van der Waals surface area contributed by atoms with Crippen molar-refractivity contribution in [3.63, 3.8) is 0 Å². The Morgan fingerprint density at radius 3 is 2.84 bits per heavy atom. The predicted molar refractivity (Wildman–Crippen MR) is 67.2 cm³/mol. The van der Waals surface area contributed by atoms with E-state index in [-0.39, 0.29) is 22.2 Å². The highest BCUT2D eigenvalue weighted by Gasteiger charge is 2.21. The van der Waals surface area contributed by atoms with Crippen molar-refractivity contribution < 1.29 is 9.72 Å². The third-order valence-corrected chi connectivity index (χ3v) is 2.46. The fraction of sp³-hybridized carbons (Fsp3) is 0.100. The Morgan fingerprint density at radius 1 is 1.53 bits per heavy atom. The van der Waals surface area contributed by atoms with Crippen molar-refractivity contribution in [3.05, 3.63) is 44.7 Å². The van der Waals surface area contributed by atoms with Gasteiger partial charge >= 0.3 is 0 Å². The van der Waals surface area contributed by atoms with Crippen LogP contribution in [0.2, 0.25) is 5.02 Å². The third-order valence-electron chi connectivity index (χ3n) is 2.22. The summed E-state index contributed by atoms with van der Waals surface area (Å²) >= 11 is 5.73. The molecule has 2 N–H and O–H groups in total. The number of hydrogen-bond donors (Lipinski definition) is 2. The van der Waals surface area contributed by atoms with Gasteiger partial charge in [-0.25, -0.2) is 0 Å². The van der Waals surface area contributed by atoms with E-state index in [0.717, 1.165) is 0 Å². The average Bonchev–Trinajstić information content (AvgIpc) is 2.74. The quantitative estimate of drug-likeness (QED) is 0.659. The minimum atomic E-state index is -0.701. The standard InChI is InChI=1S/C10H8ClN5O3/c1-5-12-10(15-14-5)13-9(17)7-4-6(11)2-3-8(7)16(18)19/h2-4H,1H3,(H2,12,13,14,15,17). The molecule has 0 saturated heterocycles. The van der Waals surface area contributed by atoms with Crippen LogP contribution >= 0.6 is 11.6 Å². The molecule has 1 aromatic carbocycles. The number of hydrogen-bond acceptors (Lipinski definition) is 5. The van der Waals surface area contributed by atoms with Crippen LogP contribution in [0.15, 0.2) is 18.2 Å².